The van der Waals surface area contributed by atoms with Gasteiger partial charge in [-0.3, -0.25) is 14.6 Å². The predicted octanol–water partition coefficient (Wildman–Crippen LogP) is 3.08. The lowest BCUT2D eigenvalue weighted by Crippen LogP contribution is -2.53. The van der Waals surface area contributed by atoms with Gasteiger partial charge in [-0.25, -0.2) is 4.98 Å². The minimum absolute atomic E-state index is 0.0181. The molecule has 12 heteroatoms. The number of aryl methyl sites for hydroxylation is 1. The summed E-state index contributed by atoms with van der Waals surface area (Å²) in [6.07, 6.45) is -2.39. The number of pyridine rings is 1. The second-order valence-electron chi connectivity index (χ2n) is 11.5. The molecule has 2 saturated heterocycles. The Morgan fingerprint density at radius 3 is 2.50 bits per heavy atom. The number of halogens is 3. The third-order valence-electron chi connectivity index (χ3n) is 8.06. The van der Waals surface area contributed by atoms with Crippen LogP contribution in [0.4, 0.5) is 19.0 Å². The van der Waals surface area contributed by atoms with E-state index in [1.54, 1.807) is 12.4 Å². The Morgan fingerprint density at radius 2 is 1.88 bits per heavy atom. The van der Waals surface area contributed by atoms with E-state index in [1.165, 1.54) is 4.90 Å². The van der Waals surface area contributed by atoms with Gasteiger partial charge < -0.3 is 14.6 Å². The van der Waals surface area contributed by atoms with Crippen molar-refractivity contribution >= 4 is 11.7 Å². The highest BCUT2D eigenvalue weighted by atomic mass is 19.4. The van der Waals surface area contributed by atoms with E-state index in [9.17, 15) is 18.0 Å². The van der Waals surface area contributed by atoms with Crippen LogP contribution < -0.4 is 10.2 Å². The minimum atomic E-state index is -4.63. The number of carbonyl (C=O) groups is 1. The fraction of sp³-hybridized carbons (Fsp3) is 0.500. The number of hydrogen-bond acceptors (Lipinski definition) is 7. The number of nitrogens with one attached hydrogen (secondary N) is 1. The summed E-state index contributed by atoms with van der Waals surface area (Å²) < 4.78 is 49.1. The number of alkyl halides is 3. The molecule has 0 spiro atoms. The number of aromatic nitrogens is 4. The maximum atomic E-state index is 13.9. The van der Waals surface area contributed by atoms with E-state index in [4.69, 9.17) is 4.74 Å². The molecule has 0 aliphatic carbocycles. The number of piperazine rings is 1. The van der Waals surface area contributed by atoms with E-state index in [0.29, 0.717) is 37.3 Å². The zero-order valence-electron chi connectivity index (χ0n) is 22.7. The molecule has 40 heavy (non-hydrogen) atoms. The normalized spacial score (nSPS) is 22.9. The van der Waals surface area contributed by atoms with Gasteiger partial charge >= 0.3 is 6.18 Å². The second-order valence-corrected chi connectivity index (χ2v) is 11.5. The van der Waals surface area contributed by atoms with Crippen molar-refractivity contribution in [2.45, 2.75) is 57.0 Å². The van der Waals surface area contributed by atoms with Gasteiger partial charge in [-0.05, 0) is 48.7 Å². The largest absolute Gasteiger partial charge is 0.433 e. The summed E-state index contributed by atoms with van der Waals surface area (Å²) >= 11 is 0. The van der Waals surface area contributed by atoms with Gasteiger partial charge in [0.1, 0.15) is 23.7 Å². The first-order chi connectivity index (χ1) is 19.0. The molecule has 1 amide bonds. The Kier molecular flexibility index (Phi) is 6.67. The number of anilines is 1. The van der Waals surface area contributed by atoms with Gasteiger partial charge in [-0.2, -0.15) is 13.2 Å². The quantitative estimate of drug-likeness (QED) is 0.500. The fourth-order valence-corrected chi connectivity index (χ4v) is 6.08. The number of fused-ring (bicyclic) bond motifs is 1. The van der Waals surface area contributed by atoms with Crippen LogP contribution in [0.25, 0.3) is 0 Å². The van der Waals surface area contributed by atoms with Crippen LogP contribution >= 0.6 is 0 Å². The van der Waals surface area contributed by atoms with Crippen molar-refractivity contribution in [3.8, 4) is 0 Å². The highest BCUT2D eigenvalue weighted by molar-refractivity contribution is 6.09. The summed E-state index contributed by atoms with van der Waals surface area (Å²) in [5, 5.41) is 11.6. The number of ether oxygens (including phenoxy) is 1. The third kappa shape index (κ3) is 4.99. The van der Waals surface area contributed by atoms with E-state index >= 15 is 0 Å². The summed E-state index contributed by atoms with van der Waals surface area (Å²) in [5.74, 6) is 0.475. The molecular weight excluding hydrogens is 523 g/mol. The van der Waals surface area contributed by atoms with Crippen LogP contribution in [0.5, 0.6) is 0 Å². The van der Waals surface area contributed by atoms with E-state index < -0.39 is 11.9 Å². The zero-order chi connectivity index (χ0) is 28.2. The molecular formula is C28H32F3N7O2. The van der Waals surface area contributed by atoms with Gasteiger partial charge in [-0.1, -0.05) is 12.1 Å². The Bertz CT molecular complexity index is 1430. The third-order valence-corrected chi connectivity index (χ3v) is 8.06. The number of rotatable bonds is 6. The summed E-state index contributed by atoms with van der Waals surface area (Å²) in [6, 6.07) is 8.90. The van der Waals surface area contributed by atoms with Gasteiger partial charge in [0.05, 0.1) is 19.8 Å². The lowest BCUT2D eigenvalue weighted by molar-refractivity contribution is -0.141. The standard InChI is InChI=1S/C28H32F3N7O2/c1-17-10-37(11-18(2)33-17)12-19-6-23(28(29,30)31)34-24(7-19)38-13-20-4-5-21(8-22(20)26(38)39)27(14-40-15-27)9-25-35-32-16-36(25)3/h4-8,16-18,33H,9-15H2,1-3H3/t17-,18+. The smallest absolute Gasteiger partial charge is 0.379 e. The van der Waals surface area contributed by atoms with E-state index in [2.05, 4.69) is 39.2 Å². The van der Waals surface area contributed by atoms with Crippen molar-refractivity contribution in [3.05, 3.63) is 70.4 Å². The number of hydrogen-bond donors (Lipinski definition) is 1. The maximum absolute atomic E-state index is 13.9. The van der Waals surface area contributed by atoms with Crippen LogP contribution in [0.3, 0.4) is 0 Å². The van der Waals surface area contributed by atoms with Gasteiger partial charge in [0, 0.05) is 56.2 Å². The molecule has 2 atom stereocenters. The van der Waals surface area contributed by atoms with E-state index in [-0.39, 0.29) is 35.8 Å². The molecule has 2 aromatic heterocycles. The first kappa shape index (κ1) is 26.9. The van der Waals surface area contributed by atoms with Crippen molar-refractivity contribution in [2.75, 3.05) is 31.2 Å². The van der Waals surface area contributed by atoms with Crippen molar-refractivity contribution in [1.29, 1.82) is 0 Å². The lowest BCUT2D eigenvalue weighted by Gasteiger charge is -2.41. The summed E-state index contributed by atoms with van der Waals surface area (Å²) in [5.41, 5.74) is 1.33. The Hall–Kier alpha value is -3.35. The monoisotopic (exact) mass is 555 g/mol. The number of nitrogens with zero attached hydrogens (tertiary/aromatic N) is 6. The molecule has 0 radical (unpaired) electrons. The molecule has 3 aromatic rings. The Morgan fingerprint density at radius 1 is 1.12 bits per heavy atom. The molecule has 3 aliphatic heterocycles. The van der Waals surface area contributed by atoms with Crippen LogP contribution in [0.1, 0.15) is 52.4 Å². The first-order valence-electron chi connectivity index (χ1n) is 13.4. The van der Waals surface area contributed by atoms with Gasteiger partial charge in [-0.15, -0.1) is 10.2 Å². The fourth-order valence-electron chi connectivity index (χ4n) is 6.08. The number of amides is 1. The summed E-state index contributed by atoms with van der Waals surface area (Å²) in [6.45, 7) is 7.04. The van der Waals surface area contributed by atoms with E-state index in [0.717, 1.165) is 36.1 Å². The average Bonchev–Trinajstić information content (AvgIpc) is 3.42. The topological polar surface area (TPSA) is 88.4 Å². The van der Waals surface area contributed by atoms with Crippen LogP contribution in [0.2, 0.25) is 0 Å². The van der Waals surface area contributed by atoms with Crippen LogP contribution in [0.15, 0.2) is 36.7 Å². The maximum Gasteiger partial charge on any atom is 0.433 e. The molecule has 2 fully saturated rings. The lowest BCUT2D eigenvalue weighted by atomic mass is 9.75. The van der Waals surface area contributed by atoms with Crippen molar-refractivity contribution in [3.63, 3.8) is 0 Å². The zero-order valence-corrected chi connectivity index (χ0v) is 22.7. The summed E-state index contributed by atoms with van der Waals surface area (Å²) in [7, 11) is 1.88. The molecule has 1 N–H and O–H groups in total. The molecule has 0 bridgehead atoms. The molecule has 5 heterocycles. The van der Waals surface area contributed by atoms with Crippen molar-refractivity contribution in [2.24, 2.45) is 7.05 Å². The highest BCUT2D eigenvalue weighted by Gasteiger charge is 2.43. The predicted molar refractivity (Wildman–Crippen MR) is 141 cm³/mol. The second kappa shape index (κ2) is 9.93. The summed E-state index contributed by atoms with van der Waals surface area (Å²) in [4.78, 5) is 21.0. The Labute approximate surface area is 230 Å². The van der Waals surface area contributed by atoms with Crippen molar-refractivity contribution < 1.29 is 22.7 Å². The molecule has 1 aromatic carbocycles. The molecule has 9 nitrogen and oxygen atoms in total. The average molecular weight is 556 g/mol. The first-order valence-corrected chi connectivity index (χ1v) is 13.4. The van der Waals surface area contributed by atoms with Gasteiger partial charge in [0.15, 0.2) is 0 Å². The molecule has 212 valence electrons. The highest BCUT2D eigenvalue weighted by Crippen LogP contribution is 2.39. The van der Waals surface area contributed by atoms with Crippen LogP contribution in [-0.2, 0) is 42.9 Å². The van der Waals surface area contributed by atoms with Gasteiger partial charge in [0.25, 0.3) is 5.91 Å². The SMILES string of the molecule is C[C@@H]1CN(Cc2cc(N3Cc4ccc(C5(Cc6nncn6C)COC5)cc4C3=O)nc(C(F)(F)F)c2)C[C@H](C)N1. The number of benzene rings is 1. The van der Waals surface area contributed by atoms with E-state index in [1.807, 2.05) is 29.8 Å². The number of carbonyl (C=O) groups excluding carboxylic acids is 1. The molecule has 3 aliphatic rings. The van der Waals surface area contributed by atoms with Crippen LogP contribution in [-0.4, -0.2) is 68.9 Å². The van der Waals surface area contributed by atoms with Gasteiger partial charge in [0.2, 0.25) is 0 Å². The molecule has 0 saturated carbocycles. The Balaban J connectivity index is 1.29. The molecule has 0 unspecified atom stereocenters. The minimum Gasteiger partial charge on any atom is -0.379 e. The van der Waals surface area contributed by atoms with Crippen molar-refractivity contribution in [1.82, 2.24) is 30.0 Å². The molecule has 6 rings (SSSR count). The van der Waals surface area contributed by atoms with Crippen LogP contribution in [0, 0.1) is 0 Å².